The van der Waals surface area contributed by atoms with Crippen LogP contribution in [0.5, 0.6) is 5.75 Å². The van der Waals surface area contributed by atoms with Crippen molar-refractivity contribution in [3.8, 4) is 17.1 Å². The van der Waals surface area contributed by atoms with Crippen molar-refractivity contribution in [2.24, 2.45) is 0 Å². The van der Waals surface area contributed by atoms with E-state index in [2.05, 4.69) is 10.1 Å². The van der Waals surface area contributed by atoms with Crippen LogP contribution in [-0.2, 0) is 11.3 Å². The molecule has 0 atom stereocenters. The molecule has 6 heteroatoms. The fourth-order valence-electron chi connectivity index (χ4n) is 1.87. The van der Waals surface area contributed by atoms with E-state index in [0.717, 1.165) is 5.56 Å². The largest absolute Gasteiger partial charge is 0.507 e. The van der Waals surface area contributed by atoms with E-state index in [1.165, 1.54) is 12.1 Å². The summed E-state index contributed by atoms with van der Waals surface area (Å²) in [6.07, 6.45) is 0. The first-order valence-electron chi connectivity index (χ1n) is 6.57. The minimum absolute atomic E-state index is 0.0882. The van der Waals surface area contributed by atoms with E-state index < -0.39 is 5.97 Å². The molecule has 0 unspecified atom stereocenters. The highest BCUT2D eigenvalue weighted by molar-refractivity contribution is 5.92. The van der Waals surface area contributed by atoms with Gasteiger partial charge in [-0.25, -0.2) is 4.79 Å². The van der Waals surface area contributed by atoms with E-state index in [1.807, 2.05) is 30.3 Å². The highest BCUT2D eigenvalue weighted by Crippen LogP contribution is 2.18. The summed E-state index contributed by atoms with van der Waals surface area (Å²) in [6, 6.07) is 15.5. The Kier molecular flexibility index (Phi) is 3.82. The average Bonchev–Trinajstić information content (AvgIpc) is 3.03. The Morgan fingerprint density at radius 2 is 1.82 bits per heavy atom. The van der Waals surface area contributed by atoms with Gasteiger partial charge in [-0.05, 0) is 12.1 Å². The van der Waals surface area contributed by atoms with Gasteiger partial charge in [-0.3, -0.25) is 0 Å². The number of para-hydroxylation sites is 1. The standard InChI is InChI=1S/C16H12N2O4/c19-13-9-5-4-8-12(13)16(20)21-10-14-17-15(18-22-14)11-6-2-1-3-7-11/h1-9,19H,10H2. The second kappa shape index (κ2) is 6.09. The average molecular weight is 296 g/mol. The lowest BCUT2D eigenvalue weighted by Gasteiger charge is -2.03. The topological polar surface area (TPSA) is 85.5 Å². The van der Waals surface area contributed by atoms with Crippen molar-refractivity contribution in [3.63, 3.8) is 0 Å². The molecule has 22 heavy (non-hydrogen) atoms. The van der Waals surface area contributed by atoms with Crippen molar-refractivity contribution in [1.29, 1.82) is 0 Å². The molecule has 3 rings (SSSR count). The van der Waals surface area contributed by atoms with Crippen LogP contribution in [0.2, 0.25) is 0 Å². The third kappa shape index (κ3) is 2.95. The Balaban J connectivity index is 1.67. The van der Waals surface area contributed by atoms with Gasteiger partial charge in [-0.15, -0.1) is 0 Å². The van der Waals surface area contributed by atoms with Crippen LogP contribution < -0.4 is 0 Å². The van der Waals surface area contributed by atoms with Gasteiger partial charge in [0, 0.05) is 5.56 Å². The summed E-state index contributed by atoms with van der Waals surface area (Å²) in [7, 11) is 0. The molecule has 2 aromatic carbocycles. The van der Waals surface area contributed by atoms with Gasteiger partial charge in [0.15, 0.2) is 6.61 Å². The molecule has 1 aromatic heterocycles. The maximum absolute atomic E-state index is 11.8. The number of carbonyl (C=O) groups excluding carboxylic acids is 1. The van der Waals surface area contributed by atoms with Crippen LogP contribution in [0.1, 0.15) is 16.2 Å². The molecule has 0 bridgehead atoms. The lowest BCUT2D eigenvalue weighted by Crippen LogP contribution is -2.05. The highest BCUT2D eigenvalue weighted by atomic mass is 16.6. The van der Waals surface area contributed by atoms with Gasteiger partial charge in [0.05, 0.1) is 0 Å². The molecule has 0 amide bonds. The molecule has 0 aliphatic carbocycles. The third-order valence-corrected chi connectivity index (χ3v) is 2.95. The number of hydrogen-bond donors (Lipinski definition) is 1. The summed E-state index contributed by atoms with van der Waals surface area (Å²) in [5.74, 6) is -0.183. The molecule has 6 nitrogen and oxygen atoms in total. The summed E-state index contributed by atoms with van der Waals surface area (Å²) in [5.41, 5.74) is 0.898. The van der Waals surface area contributed by atoms with Crippen molar-refractivity contribution in [3.05, 3.63) is 66.1 Å². The number of aromatic nitrogens is 2. The number of phenolic OH excluding ortho intramolecular Hbond substituents is 1. The number of benzene rings is 2. The first kappa shape index (κ1) is 13.8. The molecule has 0 saturated carbocycles. The number of aromatic hydroxyl groups is 1. The van der Waals surface area contributed by atoms with Crippen molar-refractivity contribution in [1.82, 2.24) is 10.1 Å². The molecular weight excluding hydrogens is 284 g/mol. The number of carbonyl (C=O) groups is 1. The Morgan fingerprint density at radius 1 is 1.09 bits per heavy atom. The molecule has 0 radical (unpaired) electrons. The van der Waals surface area contributed by atoms with E-state index in [-0.39, 0.29) is 23.8 Å². The maximum Gasteiger partial charge on any atom is 0.342 e. The van der Waals surface area contributed by atoms with Gasteiger partial charge in [-0.1, -0.05) is 47.6 Å². The van der Waals surface area contributed by atoms with Crippen LogP contribution >= 0.6 is 0 Å². The number of phenols is 1. The zero-order valence-electron chi connectivity index (χ0n) is 11.5. The van der Waals surface area contributed by atoms with Crippen LogP contribution in [-0.4, -0.2) is 21.2 Å². The Labute approximate surface area is 126 Å². The normalized spacial score (nSPS) is 10.4. The number of esters is 1. The first-order valence-corrected chi connectivity index (χ1v) is 6.57. The summed E-state index contributed by atoms with van der Waals surface area (Å²) < 4.78 is 10.1. The van der Waals surface area contributed by atoms with Crippen molar-refractivity contribution in [2.45, 2.75) is 6.61 Å². The van der Waals surface area contributed by atoms with E-state index in [4.69, 9.17) is 9.26 Å². The Bertz CT molecular complexity index is 784. The van der Waals surface area contributed by atoms with Crippen molar-refractivity contribution >= 4 is 5.97 Å². The second-order valence-corrected chi connectivity index (χ2v) is 4.47. The van der Waals surface area contributed by atoms with Crippen molar-refractivity contribution < 1.29 is 19.2 Å². The van der Waals surface area contributed by atoms with Crippen LogP contribution in [0, 0.1) is 0 Å². The van der Waals surface area contributed by atoms with Crippen LogP contribution in [0.4, 0.5) is 0 Å². The molecule has 0 saturated heterocycles. The van der Waals surface area contributed by atoms with E-state index >= 15 is 0 Å². The highest BCUT2D eigenvalue weighted by Gasteiger charge is 2.14. The summed E-state index contributed by atoms with van der Waals surface area (Å²) in [5, 5.41) is 13.4. The molecular formula is C16H12N2O4. The molecule has 0 spiro atoms. The monoisotopic (exact) mass is 296 g/mol. The molecule has 1 heterocycles. The number of hydrogen-bond acceptors (Lipinski definition) is 6. The lowest BCUT2D eigenvalue weighted by atomic mass is 10.2. The van der Waals surface area contributed by atoms with Gasteiger partial charge < -0.3 is 14.4 Å². The minimum Gasteiger partial charge on any atom is -0.507 e. The molecule has 3 aromatic rings. The maximum atomic E-state index is 11.8. The summed E-state index contributed by atoms with van der Waals surface area (Å²) >= 11 is 0. The van der Waals surface area contributed by atoms with Gasteiger partial charge in [-0.2, -0.15) is 4.98 Å². The van der Waals surface area contributed by atoms with E-state index in [9.17, 15) is 9.90 Å². The van der Waals surface area contributed by atoms with Crippen LogP contribution in [0.25, 0.3) is 11.4 Å². The molecule has 1 N–H and O–H groups in total. The van der Waals surface area contributed by atoms with E-state index in [1.54, 1.807) is 12.1 Å². The molecule has 110 valence electrons. The van der Waals surface area contributed by atoms with Crippen LogP contribution in [0.3, 0.4) is 0 Å². The molecule has 0 fully saturated rings. The Morgan fingerprint density at radius 3 is 2.59 bits per heavy atom. The lowest BCUT2D eigenvalue weighted by molar-refractivity contribution is 0.0426. The van der Waals surface area contributed by atoms with Crippen LogP contribution in [0.15, 0.2) is 59.1 Å². The fourth-order valence-corrected chi connectivity index (χ4v) is 1.87. The zero-order valence-corrected chi connectivity index (χ0v) is 11.5. The molecule has 0 aliphatic rings. The van der Waals surface area contributed by atoms with Gasteiger partial charge >= 0.3 is 5.97 Å². The first-order chi connectivity index (χ1) is 10.7. The summed E-state index contributed by atoms with van der Waals surface area (Å²) in [6.45, 7) is -0.160. The van der Waals surface area contributed by atoms with Crippen molar-refractivity contribution in [2.75, 3.05) is 0 Å². The van der Waals surface area contributed by atoms with E-state index in [0.29, 0.717) is 5.82 Å². The quantitative estimate of drug-likeness (QED) is 0.745. The van der Waals surface area contributed by atoms with Gasteiger partial charge in [0.2, 0.25) is 5.82 Å². The Hall–Kier alpha value is -3.15. The predicted molar refractivity (Wildman–Crippen MR) is 77.0 cm³/mol. The number of nitrogens with zero attached hydrogens (tertiary/aromatic N) is 2. The number of ether oxygens (including phenoxy) is 1. The smallest absolute Gasteiger partial charge is 0.342 e. The van der Waals surface area contributed by atoms with Gasteiger partial charge in [0.25, 0.3) is 5.89 Å². The molecule has 0 aliphatic heterocycles. The predicted octanol–water partition coefficient (Wildman–Crippen LogP) is 2.80. The minimum atomic E-state index is -0.655. The summed E-state index contributed by atoms with van der Waals surface area (Å²) in [4.78, 5) is 16.0. The SMILES string of the molecule is O=C(OCc1nc(-c2ccccc2)no1)c1ccccc1O. The number of rotatable bonds is 4. The van der Waals surface area contributed by atoms with Gasteiger partial charge in [0.1, 0.15) is 11.3 Å². The fraction of sp³-hybridized carbons (Fsp3) is 0.0625. The second-order valence-electron chi connectivity index (χ2n) is 4.47. The zero-order chi connectivity index (χ0) is 15.4. The third-order valence-electron chi connectivity index (χ3n) is 2.95.